The van der Waals surface area contributed by atoms with Crippen molar-refractivity contribution in [2.24, 2.45) is 10.9 Å². The van der Waals surface area contributed by atoms with Crippen molar-refractivity contribution >= 4 is 35.8 Å². The highest BCUT2D eigenvalue weighted by Crippen LogP contribution is 2.21. The van der Waals surface area contributed by atoms with E-state index < -0.39 is 0 Å². The molecule has 0 radical (unpaired) electrons. The lowest BCUT2D eigenvalue weighted by atomic mass is 9.99. The van der Waals surface area contributed by atoms with Gasteiger partial charge in [-0.2, -0.15) is 5.10 Å². The summed E-state index contributed by atoms with van der Waals surface area (Å²) in [6.45, 7) is 6.67. The van der Waals surface area contributed by atoms with E-state index in [2.05, 4.69) is 73.9 Å². The molecule has 2 N–H and O–H groups in total. The normalized spacial score (nSPS) is 14.6. The van der Waals surface area contributed by atoms with Crippen molar-refractivity contribution in [2.75, 3.05) is 25.0 Å². The summed E-state index contributed by atoms with van der Waals surface area (Å²) >= 11 is 0. The largest absolute Gasteiger partial charge is 0.357 e. The summed E-state index contributed by atoms with van der Waals surface area (Å²) in [6, 6.07) is 14.6. The zero-order chi connectivity index (χ0) is 22.2. The van der Waals surface area contributed by atoms with E-state index in [0.717, 1.165) is 42.9 Å². The molecule has 7 nitrogen and oxygen atoms in total. The fourth-order valence-corrected chi connectivity index (χ4v) is 3.98. The lowest BCUT2D eigenvalue weighted by Crippen LogP contribution is -2.36. The number of benzene rings is 1. The first-order valence-corrected chi connectivity index (χ1v) is 11.4. The maximum absolute atomic E-state index is 4.69. The zero-order valence-electron chi connectivity index (χ0n) is 19.4. The predicted molar refractivity (Wildman–Crippen MR) is 145 cm³/mol. The Balaban J connectivity index is 0.00000306. The standard InChI is InChI=1S/C25H33N7.HI/c1-20-10-14-31(15-11-20)24-9-8-21(16-27-24)17-28-25(26-2)29-18-22-6-3-4-7-23(22)19-32-13-5-12-30-32;/h3-9,12-13,16,20H,10-11,14-15,17-19H2,1-2H3,(H2,26,28,29);1H. The van der Waals surface area contributed by atoms with Crippen molar-refractivity contribution in [1.29, 1.82) is 0 Å². The van der Waals surface area contributed by atoms with Crippen LogP contribution < -0.4 is 15.5 Å². The number of rotatable bonds is 7. The van der Waals surface area contributed by atoms with Crippen molar-refractivity contribution in [3.63, 3.8) is 0 Å². The summed E-state index contributed by atoms with van der Waals surface area (Å²) in [6.07, 6.45) is 8.25. The summed E-state index contributed by atoms with van der Waals surface area (Å²) in [4.78, 5) is 11.4. The lowest BCUT2D eigenvalue weighted by molar-refractivity contribution is 0.436. The van der Waals surface area contributed by atoms with Gasteiger partial charge in [0.15, 0.2) is 5.96 Å². The molecule has 0 aliphatic carbocycles. The third-order valence-electron chi connectivity index (χ3n) is 6.06. The number of halogens is 1. The number of hydrogen-bond acceptors (Lipinski definition) is 4. The van der Waals surface area contributed by atoms with Crippen molar-refractivity contribution in [3.8, 4) is 0 Å². The van der Waals surface area contributed by atoms with Crippen LogP contribution in [0, 0.1) is 5.92 Å². The van der Waals surface area contributed by atoms with Crippen LogP contribution in [-0.2, 0) is 19.6 Å². The van der Waals surface area contributed by atoms with Crippen LogP contribution in [0.4, 0.5) is 5.82 Å². The highest BCUT2D eigenvalue weighted by atomic mass is 127. The fourth-order valence-electron chi connectivity index (χ4n) is 3.98. The third kappa shape index (κ3) is 7.18. The summed E-state index contributed by atoms with van der Waals surface area (Å²) in [7, 11) is 1.80. The molecule has 0 spiro atoms. The maximum atomic E-state index is 4.69. The van der Waals surface area contributed by atoms with Gasteiger partial charge in [-0.25, -0.2) is 4.98 Å². The van der Waals surface area contributed by atoms with Gasteiger partial charge < -0.3 is 15.5 Å². The lowest BCUT2D eigenvalue weighted by Gasteiger charge is -2.31. The predicted octanol–water partition coefficient (Wildman–Crippen LogP) is 4.05. The number of aliphatic imine (C=N–C) groups is 1. The molecular formula is C25H34IN7. The van der Waals surface area contributed by atoms with Crippen LogP contribution in [-0.4, -0.2) is 40.9 Å². The van der Waals surface area contributed by atoms with Crippen LogP contribution in [0.2, 0.25) is 0 Å². The van der Waals surface area contributed by atoms with E-state index in [1.807, 2.05) is 23.1 Å². The molecule has 1 fully saturated rings. The number of piperidine rings is 1. The van der Waals surface area contributed by atoms with E-state index in [9.17, 15) is 0 Å². The van der Waals surface area contributed by atoms with E-state index in [-0.39, 0.29) is 24.0 Å². The van der Waals surface area contributed by atoms with Gasteiger partial charge in [-0.3, -0.25) is 9.67 Å². The average molecular weight is 560 g/mol. The third-order valence-corrected chi connectivity index (χ3v) is 6.06. The van der Waals surface area contributed by atoms with Gasteiger partial charge in [-0.1, -0.05) is 37.3 Å². The molecule has 0 bridgehead atoms. The topological polar surface area (TPSA) is 70.4 Å². The van der Waals surface area contributed by atoms with Crippen LogP contribution in [0.15, 0.2) is 66.0 Å². The van der Waals surface area contributed by atoms with Crippen molar-refractivity contribution < 1.29 is 0 Å². The highest BCUT2D eigenvalue weighted by molar-refractivity contribution is 14.0. The number of nitrogens with zero attached hydrogens (tertiary/aromatic N) is 5. The Kier molecular flexibility index (Phi) is 9.53. The van der Waals surface area contributed by atoms with Gasteiger partial charge in [0.2, 0.25) is 0 Å². The highest BCUT2D eigenvalue weighted by Gasteiger charge is 2.16. The molecule has 0 amide bonds. The first-order valence-electron chi connectivity index (χ1n) is 11.4. The minimum Gasteiger partial charge on any atom is -0.357 e. The molecule has 0 saturated carbocycles. The number of hydrogen-bond donors (Lipinski definition) is 2. The van der Waals surface area contributed by atoms with E-state index in [0.29, 0.717) is 13.1 Å². The molecule has 0 atom stereocenters. The first-order chi connectivity index (χ1) is 15.7. The van der Waals surface area contributed by atoms with Gasteiger partial charge in [0.25, 0.3) is 0 Å². The molecule has 3 aromatic rings. The molecule has 2 aromatic heterocycles. The van der Waals surface area contributed by atoms with E-state index in [1.54, 1.807) is 13.2 Å². The monoisotopic (exact) mass is 559 g/mol. The summed E-state index contributed by atoms with van der Waals surface area (Å²) in [5.41, 5.74) is 3.61. The average Bonchev–Trinajstić information content (AvgIpc) is 3.34. The zero-order valence-corrected chi connectivity index (χ0v) is 21.8. The SMILES string of the molecule is CN=C(NCc1ccc(N2CCC(C)CC2)nc1)NCc1ccccc1Cn1cccn1.I. The number of guanidine groups is 1. The van der Waals surface area contributed by atoms with E-state index >= 15 is 0 Å². The van der Waals surface area contributed by atoms with Crippen LogP contribution in [0.25, 0.3) is 0 Å². The molecule has 33 heavy (non-hydrogen) atoms. The van der Waals surface area contributed by atoms with Crippen molar-refractivity contribution in [2.45, 2.75) is 39.4 Å². The summed E-state index contributed by atoms with van der Waals surface area (Å²) in [5.74, 6) is 2.68. The van der Waals surface area contributed by atoms with E-state index in [4.69, 9.17) is 0 Å². The number of pyridine rings is 1. The fraction of sp³-hybridized carbons (Fsp3) is 0.400. The number of nitrogens with one attached hydrogen (secondary N) is 2. The molecular weight excluding hydrogens is 525 g/mol. The van der Waals surface area contributed by atoms with Gasteiger partial charge in [0.05, 0.1) is 6.54 Å². The second-order valence-electron chi connectivity index (χ2n) is 8.45. The molecule has 0 unspecified atom stereocenters. The van der Waals surface area contributed by atoms with Gasteiger partial charge in [0.1, 0.15) is 5.82 Å². The molecule has 176 valence electrons. The molecule has 8 heteroatoms. The maximum Gasteiger partial charge on any atom is 0.191 e. The Bertz CT molecular complexity index is 994. The first kappa shape index (κ1) is 25.0. The smallest absolute Gasteiger partial charge is 0.191 e. The van der Waals surface area contributed by atoms with Crippen molar-refractivity contribution in [3.05, 3.63) is 77.7 Å². The Morgan fingerprint density at radius 2 is 1.79 bits per heavy atom. The van der Waals surface area contributed by atoms with Crippen LogP contribution in [0.3, 0.4) is 0 Å². The second-order valence-corrected chi connectivity index (χ2v) is 8.45. The van der Waals surface area contributed by atoms with Gasteiger partial charge in [-0.15, -0.1) is 24.0 Å². The minimum absolute atomic E-state index is 0. The number of aromatic nitrogens is 3. The number of anilines is 1. The van der Waals surface area contributed by atoms with Crippen LogP contribution in [0.5, 0.6) is 0 Å². The summed E-state index contributed by atoms with van der Waals surface area (Å²) < 4.78 is 1.94. The Morgan fingerprint density at radius 3 is 2.45 bits per heavy atom. The second kappa shape index (κ2) is 12.6. The van der Waals surface area contributed by atoms with Gasteiger partial charge in [0, 0.05) is 51.8 Å². The molecule has 1 aliphatic heterocycles. The molecule has 4 rings (SSSR count). The van der Waals surface area contributed by atoms with Gasteiger partial charge in [-0.05, 0) is 47.6 Å². The summed E-state index contributed by atoms with van der Waals surface area (Å²) in [5, 5.41) is 11.1. The van der Waals surface area contributed by atoms with Crippen molar-refractivity contribution in [1.82, 2.24) is 25.4 Å². The molecule has 3 heterocycles. The Hall–Kier alpha value is -2.62. The Morgan fingerprint density at radius 1 is 1.03 bits per heavy atom. The van der Waals surface area contributed by atoms with Crippen LogP contribution >= 0.6 is 24.0 Å². The Labute approximate surface area is 213 Å². The molecule has 1 aliphatic rings. The quantitative estimate of drug-likeness (QED) is 0.260. The van der Waals surface area contributed by atoms with Crippen LogP contribution in [0.1, 0.15) is 36.5 Å². The minimum atomic E-state index is 0. The van der Waals surface area contributed by atoms with Gasteiger partial charge >= 0.3 is 0 Å². The van der Waals surface area contributed by atoms with E-state index in [1.165, 1.54) is 24.0 Å². The molecule has 1 saturated heterocycles. The molecule has 1 aromatic carbocycles.